The monoisotopic (exact) mass is 649 g/mol. The van der Waals surface area contributed by atoms with Gasteiger partial charge in [-0.15, -0.1) is 0 Å². The Morgan fingerprint density at radius 2 is 0.900 bits per heavy atom. The fraction of sp³-hybridized carbons (Fsp3) is 0.0870. The zero-order valence-corrected chi connectivity index (χ0v) is 28.3. The van der Waals surface area contributed by atoms with Crippen molar-refractivity contribution >= 4 is 60.7 Å². The molecule has 3 nitrogen and oxygen atoms in total. The summed E-state index contributed by atoms with van der Waals surface area (Å²) in [6.45, 7) is 6.75. The molecule has 0 unspecified atom stereocenters. The van der Waals surface area contributed by atoms with Gasteiger partial charge in [0.05, 0.1) is 27.8 Å². The fourth-order valence-corrected chi connectivity index (χ4v) is 7.49. The smallest absolute Gasteiger partial charge is 0.147 e. The summed E-state index contributed by atoms with van der Waals surface area (Å²) in [4.78, 5) is 2.06. The number of nitrogens with zero attached hydrogens (tertiary/aromatic N) is 3. The van der Waals surface area contributed by atoms with Crippen molar-refractivity contribution in [3.8, 4) is 11.4 Å². The van der Waals surface area contributed by atoms with E-state index in [9.17, 15) is 0 Å². The molecular weight excluding hydrogens is 614 g/mol. The summed E-state index contributed by atoms with van der Waals surface area (Å²) in [5.74, 6) is -0.277. The van der Waals surface area contributed by atoms with E-state index < -0.39 is 0 Å². The molecule has 2 aromatic heterocycles. The molecule has 50 heavy (non-hydrogen) atoms. The SMILES string of the molecule is CC(C)(C)c1ccc2c(c1)c1cc(N(c3ccc4c(c3)c3ccccc3n4-c3ccccc3)c3ccccc3F)ccc1n2-c1ccccc1. The lowest BCUT2D eigenvalue weighted by Crippen LogP contribution is -2.11. The van der Waals surface area contributed by atoms with E-state index in [0.29, 0.717) is 5.69 Å². The second kappa shape index (κ2) is 11.5. The highest BCUT2D eigenvalue weighted by atomic mass is 19.1. The highest BCUT2D eigenvalue weighted by molar-refractivity contribution is 6.12. The normalized spacial score (nSPS) is 12.0. The summed E-state index contributed by atoms with van der Waals surface area (Å²) in [5, 5.41) is 4.56. The first kappa shape index (κ1) is 30.0. The minimum Gasteiger partial charge on any atom is -0.309 e. The van der Waals surface area contributed by atoms with Gasteiger partial charge in [-0.25, -0.2) is 4.39 Å². The lowest BCUT2D eigenvalue weighted by Gasteiger charge is -2.26. The van der Waals surface area contributed by atoms with E-state index in [-0.39, 0.29) is 11.2 Å². The van der Waals surface area contributed by atoms with Gasteiger partial charge in [0, 0.05) is 44.3 Å². The quantitative estimate of drug-likeness (QED) is 0.181. The zero-order chi connectivity index (χ0) is 34.0. The average molecular weight is 650 g/mol. The van der Waals surface area contributed by atoms with E-state index in [1.165, 1.54) is 17.0 Å². The van der Waals surface area contributed by atoms with Crippen molar-refractivity contribution in [2.24, 2.45) is 0 Å². The topological polar surface area (TPSA) is 13.1 Å². The average Bonchev–Trinajstić information content (AvgIpc) is 3.65. The Hall–Kier alpha value is -6.13. The summed E-state index contributed by atoms with van der Waals surface area (Å²) in [5.41, 5.74) is 10.2. The molecule has 4 heteroatoms. The molecule has 0 atom stereocenters. The van der Waals surface area contributed by atoms with Gasteiger partial charge in [0.1, 0.15) is 5.82 Å². The second-order valence-corrected chi connectivity index (χ2v) is 14.0. The van der Waals surface area contributed by atoms with Gasteiger partial charge in [-0.1, -0.05) is 93.6 Å². The molecule has 9 aromatic rings. The molecule has 0 aliphatic heterocycles. The highest BCUT2D eigenvalue weighted by Crippen LogP contribution is 2.43. The number of para-hydroxylation sites is 4. The second-order valence-electron chi connectivity index (χ2n) is 14.0. The first-order chi connectivity index (χ1) is 24.4. The largest absolute Gasteiger partial charge is 0.309 e. The summed E-state index contributed by atoms with van der Waals surface area (Å²) in [6, 6.07) is 56.4. The molecule has 2 heterocycles. The molecule has 0 radical (unpaired) electrons. The van der Waals surface area contributed by atoms with Crippen molar-refractivity contribution in [2.75, 3.05) is 4.90 Å². The maximum Gasteiger partial charge on any atom is 0.147 e. The van der Waals surface area contributed by atoms with Gasteiger partial charge in [-0.05, 0) is 102 Å². The molecule has 0 aliphatic carbocycles. The predicted octanol–water partition coefficient (Wildman–Crippen LogP) is 12.8. The van der Waals surface area contributed by atoms with Crippen LogP contribution in [0.15, 0.2) is 164 Å². The minimum absolute atomic E-state index is 0.0134. The van der Waals surface area contributed by atoms with Crippen LogP contribution in [-0.2, 0) is 5.41 Å². The predicted molar refractivity (Wildman–Crippen MR) is 208 cm³/mol. The summed E-state index contributed by atoms with van der Waals surface area (Å²) in [6.07, 6.45) is 0. The van der Waals surface area contributed by atoms with Crippen LogP contribution in [0.1, 0.15) is 26.3 Å². The van der Waals surface area contributed by atoms with Crippen molar-refractivity contribution in [3.05, 3.63) is 175 Å². The van der Waals surface area contributed by atoms with Crippen molar-refractivity contribution in [3.63, 3.8) is 0 Å². The van der Waals surface area contributed by atoms with E-state index in [0.717, 1.165) is 61.0 Å². The third-order valence-electron chi connectivity index (χ3n) is 9.91. The minimum atomic E-state index is -0.277. The van der Waals surface area contributed by atoms with Crippen LogP contribution >= 0.6 is 0 Å². The number of fused-ring (bicyclic) bond motifs is 6. The van der Waals surface area contributed by atoms with E-state index >= 15 is 4.39 Å². The van der Waals surface area contributed by atoms with Crippen LogP contribution in [0, 0.1) is 5.82 Å². The van der Waals surface area contributed by atoms with Crippen molar-refractivity contribution in [1.29, 1.82) is 0 Å². The van der Waals surface area contributed by atoms with Gasteiger partial charge in [-0.2, -0.15) is 0 Å². The summed E-state index contributed by atoms with van der Waals surface area (Å²) < 4.78 is 20.6. The number of rotatable bonds is 5. The number of aromatic nitrogens is 2. The first-order valence-electron chi connectivity index (χ1n) is 17.1. The van der Waals surface area contributed by atoms with Gasteiger partial charge in [-0.3, -0.25) is 0 Å². The molecule has 242 valence electrons. The molecule has 0 amide bonds. The zero-order valence-electron chi connectivity index (χ0n) is 28.3. The Morgan fingerprint density at radius 3 is 1.48 bits per heavy atom. The molecule has 0 bridgehead atoms. The Kier molecular flexibility index (Phi) is 6.89. The summed E-state index contributed by atoms with van der Waals surface area (Å²) in [7, 11) is 0. The number of hydrogen-bond donors (Lipinski definition) is 0. The maximum absolute atomic E-state index is 15.9. The van der Waals surface area contributed by atoms with Gasteiger partial charge in [0.25, 0.3) is 0 Å². The Labute approximate surface area is 291 Å². The molecule has 0 saturated carbocycles. The van der Waals surface area contributed by atoms with Gasteiger partial charge in [0.2, 0.25) is 0 Å². The Balaban J connectivity index is 1.31. The molecule has 7 aromatic carbocycles. The lowest BCUT2D eigenvalue weighted by atomic mass is 9.86. The van der Waals surface area contributed by atoms with Crippen LogP contribution in [0.2, 0.25) is 0 Å². The van der Waals surface area contributed by atoms with Crippen LogP contribution in [0.4, 0.5) is 21.5 Å². The summed E-state index contributed by atoms with van der Waals surface area (Å²) >= 11 is 0. The van der Waals surface area contributed by atoms with Crippen LogP contribution < -0.4 is 4.90 Å². The molecule has 0 aliphatic rings. The molecular formula is C46H36FN3. The number of hydrogen-bond acceptors (Lipinski definition) is 1. The van der Waals surface area contributed by atoms with E-state index in [2.05, 4.69) is 162 Å². The van der Waals surface area contributed by atoms with Gasteiger partial charge >= 0.3 is 0 Å². The number of anilines is 3. The van der Waals surface area contributed by atoms with Crippen LogP contribution in [-0.4, -0.2) is 9.13 Å². The molecule has 0 saturated heterocycles. The van der Waals surface area contributed by atoms with Crippen molar-refractivity contribution in [2.45, 2.75) is 26.2 Å². The highest BCUT2D eigenvalue weighted by Gasteiger charge is 2.22. The van der Waals surface area contributed by atoms with Crippen LogP contribution in [0.3, 0.4) is 0 Å². The molecule has 0 spiro atoms. The Morgan fingerprint density at radius 1 is 0.440 bits per heavy atom. The Bertz CT molecular complexity index is 2700. The van der Waals surface area contributed by atoms with E-state index in [1.54, 1.807) is 6.07 Å². The third-order valence-corrected chi connectivity index (χ3v) is 9.91. The van der Waals surface area contributed by atoms with Crippen molar-refractivity contribution < 1.29 is 4.39 Å². The fourth-order valence-electron chi connectivity index (χ4n) is 7.49. The first-order valence-corrected chi connectivity index (χ1v) is 17.1. The molecule has 0 fully saturated rings. The third kappa shape index (κ3) is 4.79. The van der Waals surface area contributed by atoms with Crippen molar-refractivity contribution in [1.82, 2.24) is 9.13 Å². The molecule has 9 rings (SSSR count). The lowest BCUT2D eigenvalue weighted by molar-refractivity contribution is 0.591. The van der Waals surface area contributed by atoms with E-state index in [4.69, 9.17) is 0 Å². The van der Waals surface area contributed by atoms with Crippen LogP contribution in [0.25, 0.3) is 55.0 Å². The maximum atomic E-state index is 15.9. The van der Waals surface area contributed by atoms with Gasteiger partial charge in [0.15, 0.2) is 0 Å². The van der Waals surface area contributed by atoms with Gasteiger partial charge < -0.3 is 14.0 Å². The van der Waals surface area contributed by atoms with Crippen LogP contribution in [0.5, 0.6) is 0 Å². The standard InChI is InChI=1S/C46H36FN3/c1-46(2,3)31-22-25-42-37(28-31)39-30-35(24-27-44(39)50(42)33-16-8-5-9-17-33)48(45-21-13-11-19-40(45)47)34-23-26-43-38(29-34)36-18-10-12-20-41(36)49(43)32-14-6-4-7-15-32/h4-30H,1-3H3. The molecule has 0 N–H and O–H groups in total. The number of halogens is 1. The number of benzene rings is 7. The van der Waals surface area contributed by atoms with E-state index in [1.807, 2.05) is 24.3 Å².